The number of nitro groups is 1. The van der Waals surface area contributed by atoms with Crippen LogP contribution in [0.4, 0.5) is 5.69 Å². The lowest BCUT2D eigenvalue weighted by Crippen LogP contribution is -2.07. The topological polar surface area (TPSA) is 98.3 Å². The number of carboxylic acids is 1. The monoisotopic (exact) mass is 233 g/mol. The highest BCUT2D eigenvalue weighted by Crippen LogP contribution is 2.16. The van der Waals surface area contributed by atoms with Crippen LogP contribution in [-0.2, 0) is 0 Å². The van der Waals surface area contributed by atoms with Crippen LogP contribution in [0.2, 0.25) is 0 Å². The summed E-state index contributed by atoms with van der Waals surface area (Å²) >= 11 is 0. The molecule has 0 aliphatic rings. The van der Waals surface area contributed by atoms with Gasteiger partial charge in [-0.05, 0) is 18.2 Å². The fourth-order valence-electron chi connectivity index (χ4n) is 1.39. The van der Waals surface area contributed by atoms with E-state index in [1.54, 1.807) is 0 Å². The zero-order valence-corrected chi connectivity index (χ0v) is 8.48. The Labute approximate surface area is 95.1 Å². The Morgan fingerprint density at radius 3 is 2.47 bits per heavy atom. The van der Waals surface area contributed by atoms with E-state index in [-0.39, 0.29) is 11.4 Å². The first-order valence-corrected chi connectivity index (χ1v) is 4.62. The highest BCUT2D eigenvalue weighted by molar-refractivity contribution is 5.86. The number of aromatic nitrogens is 2. The zero-order valence-electron chi connectivity index (χ0n) is 8.48. The lowest BCUT2D eigenvalue weighted by molar-refractivity contribution is -0.384. The second kappa shape index (κ2) is 4.05. The fourth-order valence-corrected chi connectivity index (χ4v) is 1.39. The van der Waals surface area contributed by atoms with Gasteiger partial charge in [-0.2, -0.15) is 5.10 Å². The molecule has 0 spiro atoms. The lowest BCUT2D eigenvalue weighted by Gasteiger charge is -2.03. The third kappa shape index (κ3) is 1.98. The molecule has 0 amide bonds. The maximum absolute atomic E-state index is 10.9. The number of benzene rings is 1. The Morgan fingerprint density at radius 1 is 1.29 bits per heavy atom. The van der Waals surface area contributed by atoms with Gasteiger partial charge in [0, 0.05) is 12.1 Å². The summed E-state index contributed by atoms with van der Waals surface area (Å²) < 4.78 is 1.20. The Hall–Kier alpha value is -2.70. The molecule has 0 fully saturated rings. The number of carbonyl (C=O) groups is 1. The molecule has 2 aromatic rings. The molecule has 0 aliphatic heterocycles. The van der Waals surface area contributed by atoms with Crippen molar-refractivity contribution >= 4 is 11.7 Å². The quantitative estimate of drug-likeness (QED) is 0.639. The molecule has 2 rings (SSSR count). The van der Waals surface area contributed by atoms with E-state index in [4.69, 9.17) is 5.11 Å². The van der Waals surface area contributed by atoms with Gasteiger partial charge >= 0.3 is 5.97 Å². The maximum atomic E-state index is 10.9. The first kappa shape index (κ1) is 10.8. The molecule has 86 valence electrons. The molecule has 0 unspecified atom stereocenters. The van der Waals surface area contributed by atoms with Gasteiger partial charge in [0.05, 0.1) is 16.8 Å². The molecule has 0 saturated carbocycles. The summed E-state index contributed by atoms with van der Waals surface area (Å²) in [5.74, 6) is -1.11. The first-order chi connectivity index (χ1) is 8.09. The van der Waals surface area contributed by atoms with Crippen LogP contribution in [0.25, 0.3) is 5.69 Å². The molecule has 17 heavy (non-hydrogen) atoms. The summed E-state index contributed by atoms with van der Waals surface area (Å²) in [4.78, 5) is 20.8. The summed E-state index contributed by atoms with van der Waals surface area (Å²) in [6.07, 6.45) is 1.35. The summed E-state index contributed by atoms with van der Waals surface area (Å²) in [6.45, 7) is 0. The standard InChI is InChI=1S/C10H7N3O4/c14-10(15)9-5-6-11-12(9)7-1-3-8(4-2-7)13(16)17/h1-6H,(H,14,15). The van der Waals surface area contributed by atoms with Crippen LogP contribution < -0.4 is 0 Å². The van der Waals surface area contributed by atoms with Crippen molar-refractivity contribution in [1.29, 1.82) is 0 Å². The van der Waals surface area contributed by atoms with Crippen molar-refractivity contribution in [2.75, 3.05) is 0 Å². The second-order valence-electron chi connectivity index (χ2n) is 3.21. The molecule has 7 heteroatoms. The van der Waals surface area contributed by atoms with Crippen molar-refractivity contribution in [1.82, 2.24) is 9.78 Å². The van der Waals surface area contributed by atoms with Crippen LogP contribution in [0.15, 0.2) is 36.5 Å². The molecule has 1 N–H and O–H groups in total. The minimum atomic E-state index is -1.11. The molecule has 0 saturated heterocycles. The van der Waals surface area contributed by atoms with E-state index in [0.29, 0.717) is 5.69 Å². The number of nitro benzene ring substituents is 1. The average Bonchev–Trinajstić information content (AvgIpc) is 2.78. The Kier molecular flexibility index (Phi) is 2.57. The van der Waals surface area contributed by atoms with Crippen LogP contribution in [0, 0.1) is 10.1 Å². The van der Waals surface area contributed by atoms with Gasteiger partial charge in [0.1, 0.15) is 0 Å². The van der Waals surface area contributed by atoms with Crippen molar-refractivity contribution < 1.29 is 14.8 Å². The number of hydrogen-bond donors (Lipinski definition) is 1. The number of carboxylic acid groups (broad SMARTS) is 1. The van der Waals surface area contributed by atoms with E-state index < -0.39 is 10.9 Å². The normalized spacial score (nSPS) is 10.1. The molecule has 1 aromatic carbocycles. The number of aromatic carboxylic acids is 1. The van der Waals surface area contributed by atoms with Gasteiger partial charge in [-0.15, -0.1) is 0 Å². The summed E-state index contributed by atoms with van der Waals surface area (Å²) in [7, 11) is 0. The minimum Gasteiger partial charge on any atom is -0.477 e. The van der Waals surface area contributed by atoms with Crippen LogP contribution in [0.1, 0.15) is 10.5 Å². The molecular weight excluding hydrogens is 226 g/mol. The largest absolute Gasteiger partial charge is 0.477 e. The average molecular weight is 233 g/mol. The van der Waals surface area contributed by atoms with E-state index in [9.17, 15) is 14.9 Å². The van der Waals surface area contributed by atoms with Gasteiger partial charge in [0.2, 0.25) is 0 Å². The molecule has 0 radical (unpaired) electrons. The summed E-state index contributed by atoms with van der Waals surface area (Å²) in [5.41, 5.74) is 0.398. The van der Waals surface area contributed by atoms with Crippen LogP contribution in [0.3, 0.4) is 0 Å². The lowest BCUT2D eigenvalue weighted by atomic mass is 10.3. The smallest absolute Gasteiger partial charge is 0.354 e. The summed E-state index contributed by atoms with van der Waals surface area (Å²) in [6, 6.07) is 6.82. The second-order valence-corrected chi connectivity index (χ2v) is 3.21. The van der Waals surface area contributed by atoms with E-state index >= 15 is 0 Å². The molecule has 0 aliphatic carbocycles. The number of hydrogen-bond acceptors (Lipinski definition) is 4. The predicted molar refractivity (Wildman–Crippen MR) is 57.2 cm³/mol. The highest BCUT2D eigenvalue weighted by atomic mass is 16.6. The minimum absolute atomic E-state index is 0.00106. The van der Waals surface area contributed by atoms with Crippen molar-refractivity contribution in [3.8, 4) is 5.69 Å². The molecule has 1 aromatic heterocycles. The first-order valence-electron chi connectivity index (χ1n) is 4.62. The van der Waals surface area contributed by atoms with Gasteiger partial charge in [-0.25, -0.2) is 9.48 Å². The Balaban J connectivity index is 2.43. The fraction of sp³-hybridized carbons (Fsp3) is 0. The third-order valence-corrected chi connectivity index (χ3v) is 2.17. The van der Waals surface area contributed by atoms with Crippen molar-refractivity contribution in [3.63, 3.8) is 0 Å². The zero-order chi connectivity index (χ0) is 12.4. The molecule has 1 heterocycles. The van der Waals surface area contributed by atoms with Crippen LogP contribution in [-0.4, -0.2) is 25.8 Å². The van der Waals surface area contributed by atoms with Crippen molar-refractivity contribution in [3.05, 3.63) is 52.3 Å². The number of non-ortho nitro benzene ring substituents is 1. The van der Waals surface area contributed by atoms with E-state index in [2.05, 4.69) is 5.10 Å². The van der Waals surface area contributed by atoms with Gasteiger partial charge in [-0.1, -0.05) is 0 Å². The third-order valence-electron chi connectivity index (χ3n) is 2.17. The van der Waals surface area contributed by atoms with Gasteiger partial charge in [0.15, 0.2) is 5.69 Å². The van der Waals surface area contributed by atoms with E-state index in [1.165, 1.54) is 41.2 Å². The van der Waals surface area contributed by atoms with Crippen LogP contribution in [0.5, 0.6) is 0 Å². The van der Waals surface area contributed by atoms with E-state index in [0.717, 1.165) is 0 Å². The van der Waals surface area contributed by atoms with Crippen molar-refractivity contribution in [2.45, 2.75) is 0 Å². The highest BCUT2D eigenvalue weighted by Gasteiger charge is 2.12. The molecule has 7 nitrogen and oxygen atoms in total. The van der Waals surface area contributed by atoms with Crippen molar-refractivity contribution in [2.24, 2.45) is 0 Å². The Bertz CT molecular complexity index is 573. The molecule has 0 atom stereocenters. The van der Waals surface area contributed by atoms with E-state index in [1.807, 2.05) is 0 Å². The van der Waals surface area contributed by atoms with Gasteiger partial charge in [0.25, 0.3) is 5.69 Å². The maximum Gasteiger partial charge on any atom is 0.354 e. The SMILES string of the molecule is O=C(O)c1ccnn1-c1ccc([N+](=O)[O-])cc1. The Morgan fingerprint density at radius 2 is 1.94 bits per heavy atom. The molecule has 0 bridgehead atoms. The number of rotatable bonds is 3. The van der Waals surface area contributed by atoms with Gasteiger partial charge in [-0.3, -0.25) is 10.1 Å². The summed E-state index contributed by atoms with van der Waals surface area (Å²) in [5, 5.41) is 23.2. The predicted octanol–water partition coefficient (Wildman–Crippen LogP) is 1.48. The number of nitrogens with zero attached hydrogens (tertiary/aromatic N) is 3. The van der Waals surface area contributed by atoms with Gasteiger partial charge < -0.3 is 5.11 Å². The van der Waals surface area contributed by atoms with Crippen LogP contribution >= 0.6 is 0 Å². The molecular formula is C10H7N3O4.